The van der Waals surface area contributed by atoms with Crippen LogP contribution in [-0.2, 0) is 19.6 Å². The number of benzene rings is 4. The van der Waals surface area contributed by atoms with Crippen LogP contribution < -0.4 is 25.0 Å². The number of amides is 5. The van der Waals surface area contributed by atoms with Gasteiger partial charge in [-0.1, -0.05) is 67.5 Å². The molecule has 11 rings (SSSR count). The van der Waals surface area contributed by atoms with E-state index in [1.54, 1.807) is 42.6 Å². The van der Waals surface area contributed by atoms with Gasteiger partial charge >= 0.3 is 0 Å². The van der Waals surface area contributed by atoms with Gasteiger partial charge in [-0.2, -0.15) is 0 Å². The average molecular weight is 1220 g/mol. The second-order valence-corrected chi connectivity index (χ2v) is 26.0. The number of fused-ring (bicyclic) bond motifs is 2. The van der Waals surface area contributed by atoms with Crippen LogP contribution in [0, 0.1) is 33.3 Å². The summed E-state index contributed by atoms with van der Waals surface area (Å²) in [6.07, 6.45) is 11.6. The topological polar surface area (TPSA) is 250 Å². The van der Waals surface area contributed by atoms with Gasteiger partial charge in [0.05, 0.1) is 32.7 Å². The fourth-order valence-corrected chi connectivity index (χ4v) is 13.5. The molecule has 2 aromatic heterocycles. The van der Waals surface area contributed by atoms with Crippen LogP contribution in [0.15, 0.2) is 114 Å². The number of carbonyl (C=O) groups excluding carboxylic acids is 5. The highest BCUT2D eigenvalue weighted by Crippen LogP contribution is 2.44. The smallest absolute Gasteiger partial charge is 0.293 e. The number of sulfonamides is 1. The zero-order valence-corrected chi connectivity index (χ0v) is 50.2. The fourth-order valence-electron chi connectivity index (χ4n) is 12.4. The number of imide groups is 2. The molecular weight excluding hydrogens is 1150 g/mol. The molecule has 6 aromatic rings. The number of unbranched alkanes of at least 4 members (excludes halogenated alkanes) is 3. The summed E-state index contributed by atoms with van der Waals surface area (Å²) in [5, 5.41) is 19.4. The predicted molar refractivity (Wildman–Crippen MR) is 331 cm³/mol. The zero-order valence-electron chi connectivity index (χ0n) is 48.7. The molecule has 20 nitrogen and oxygen atoms in total. The minimum absolute atomic E-state index is 0.0420. The number of rotatable bonds is 19. The number of allylic oxidation sites excluding steroid dienone is 1. The average Bonchev–Trinajstić information content (AvgIpc) is 1.82. The van der Waals surface area contributed by atoms with Crippen LogP contribution in [0.3, 0.4) is 0 Å². The molecular formula is C65H69ClN10O10S. The van der Waals surface area contributed by atoms with Crippen LogP contribution in [0.2, 0.25) is 5.02 Å². The number of piperazine rings is 1. The number of H-pyrrole nitrogens is 1. The first-order chi connectivity index (χ1) is 41.9. The largest absolute Gasteiger partial charge is 0.455 e. The van der Waals surface area contributed by atoms with Crippen molar-refractivity contribution in [3.8, 4) is 23.3 Å². The number of aromatic nitrogens is 2. The van der Waals surface area contributed by atoms with Crippen molar-refractivity contribution >= 4 is 84.8 Å². The van der Waals surface area contributed by atoms with Crippen LogP contribution in [0.4, 0.5) is 17.1 Å². The molecule has 1 atom stereocenters. The van der Waals surface area contributed by atoms with Crippen molar-refractivity contribution in [3.05, 3.63) is 152 Å². The van der Waals surface area contributed by atoms with Gasteiger partial charge in [-0.05, 0) is 154 Å². The molecule has 0 spiro atoms. The number of piperidine rings is 2. The first kappa shape index (κ1) is 60.3. The van der Waals surface area contributed by atoms with Crippen molar-refractivity contribution in [1.82, 2.24) is 34.7 Å². The Bertz CT molecular complexity index is 3890. The summed E-state index contributed by atoms with van der Waals surface area (Å²) in [4.78, 5) is 91.8. The molecule has 0 bridgehead atoms. The predicted octanol–water partition coefficient (Wildman–Crippen LogP) is 9.96. The Kier molecular flexibility index (Phi) is 17.9. The van der Waals surface area contributed by atoms with Crippen molar-refractivity contribution in [2.45, 2.75) is 95.4 Å². The second kappa shape index (κ2) is 25.9. The number of nitrogens with one attached hydrogen (secondary N) is 4. The molecule has 5 aliphatic rings. The van der Waals surface area contributed by atoms with Gasteiger partial charge in [0.1, 0.15) is 28.9 Å². The summed E-state index contributed by atoms with van der Waals surface area (Å²) < 4.78 is 36.5. The number of carbonyl (C=O) groups is 5. The minimum Gasteiger partial charge on any atom is -0.455 e. The van der Waals surface area contributed by atoms with Gasteiger partial charge in [0.15, 0.2) is 0 Å². The highest BCUT2D eigenvalue weighted by Gasteiger charge is 2.45. The van der Waals surface area contributed by atoms with Crippen LogP contribution in [0.5, 0.6) is 11.5 Å². The van der Waals surface area contributed by atoms with Crippen LogP contribution in [-0.4, -0.2) is 132 Å². The SMILES string of the molecule is CC1(C)CCC(CN2CCN(c3ccc(C(=O)NS(=O)(=O)c4ccc(NCC5CCN(CCCCCC#Cc6cccc7c6C(=O)N(C6CCC(=O)NC6=O)C7=O)CC5)c([N+](=O)[O-])c4)c(Oc4cnc5[nH]ccc5c4)c3)CC2)=C(c2ccc(Cl)cc2)C1. The molecule has 1 unspecified atom stereocenters. The molecule has 1 aliphatic carbocycles. The third-order valence-corrected chi connectivity index (χ3v) is 18.9. The van der Waals surface area contributed by atoms with Gasteiger partial charge in [0, 0.05) is 92.1 Å². The molecule has 3 fully saturated rings. The number of nitrogens with zero attached hydrogens (tertiary/aromatic N) is 6. The zero-order chi connectivity index (χ0) is 61.0. The van der Waals surface area contributed by atoms with E-state index in [1.165, 1.54) is 41.1 Å². The number of halogens is 1. The molecule has 22 heteroatoms. The lowest BCUT2D eigenvalue weighted by Gasteiger charge is -2.39. The maximum atomic E-state index is 14.2. The van der Waals surface area contributed by atoms with Gasteiger partial charge in [-0.25, -0.2) is 18.1 Å². The number of likely N-dealkylation sites (tertiary alicyclic amines) is 1. The maximum absolute atomic E-state index is 14.2. The van der Waals surface area contributed by atoms with Gasteiger partial charge in [0.25, 0.3) is 33.4 Å². The Morgan fingerprint density at radius 1 is 0.885 bits per heavy atom. The Morgan fingerprint density at radius 3 is 2.45 bits per heavy atom. The van der Waals surface area contributed by atoms with Gasteiger partial charge in [0.2, 0.25) is 11.8 Å². The lowest BCUT2D eigenvalue weighted by Crippen LogP contribution is -2.54. The monoisotopic (exact) mass is 1220 g/mol. The van der Waals surface area contributed by atoms with E-state index >= 15 is 0 Å². The van der Waals surface area contributed by atoms with E-state index < -0.39 is 61.1 Å². The molecule has 5 amide bonds. The molecule has 0 radical (unpaired) electrons. The molecule has 4 N–H and O–H groups in total. The quantitative estimate of drug-likeness (QED) is 0.0194. The number of nitro groups is 1. The van der Waals surface area contributed by atoms with Gasteiger partial charge in [-0.3, -0.25) is 49.2 Å². The van der Waals surface area contributed by atoms with Crippen molar-refractivity contribution in [3.63, 3.8) is 0 Å². The van der Waals surface area contributed by atoms with E-state index in [2.05, 4.69) is 77.8 Å². The summed E-state index contributed by atoms with van der Waals surface area (Å²) >= 11 is 6.27. The second-order valence-electron chi connectivity index (χ2n) is 23.9. The molecule has 3 saturated heterocycles. The Balaban J connectivity index is 0.669. The highest BCUT2D eigenvalue weighted by atomic mass is 35.5. The van der Waals surface area contributed by atoms with Crippen molar-refractivity contribution in [2.24, 2.45) is 11.3 Å². The summed E-state index contributed by atoms with van der Waals surface area (Å²) in [6.45, 7) is 11.6. The first-order valence-electron chi connectivity index (χ1n) is 29.7. The lowest BCUT2D eigenvalue weighted by atomic mass is 9.72. The van der Waals surface area contributed by atoms with Crippen molar-refractivity contribution in [1.29, 1.82) is 0 Å². The lowest BCUT2D eigenvalue weighted by molar-refractivity contribution is -0.384. The van der Waals surface area contributed by atoms with E-state index in [1.807, 2.05) is 18.2 Å². The van der Waals surface area contributed by atoms with Crippen LogP contribution in [0.25, 0.3) is 16.6 Å². The van der Waals surface area contributed by atoms with E-state index in [4.69, 9.17) is 16.3 Å². The molecule has 4 aliphatic heterocycles. The third kappa shape index (κ3) is 13.9. The van der Waals surface area contributed by atoms with Crippen LogP contribution >= 0.6 is 11.6 Å². The normalized spacial score (nSPS) is 18.5. The number of pyridine rings is 1. The molecule has 0 saturated carbocycles. The Labute approximate surface area is 510 Å². The molecule has 6 heterocycles. The molecule has 452 valence electrons. The summed E-state index contributed by atoms with van der Waals surface area (Å²) in [5.74, 6) is 3.64. The standard InChI is InChI=1S/C65H69ClN10O10S/c1-65(2)26-22-46(53(38-65)43-12-14-47(66)15-13-43)41-73-31-33-74(34-32-73)48-16-18-51(57(36-48)86-49-35-45-23-27-67-60(45)69-40-49)61(78)71-87(84,85)50-17-19-54(56(37-50)76(82)83)68-39-42-24-29-72(30-25-42)28-7-5-3-4-6-9-44-10-8-11-52-59(44)64(81)75(63(52)80)55-20-21-58(77)70-62(55)79/h8,10-19,23,27,35-37,40,42,55,68H,3-5,7,20-22,24-26,28-34,38-39,41H2,1-2H3,(H,67,69)(H,71,78)(H,70,77,79). The van der Waals surface area contributed by atoms with Crippen LogP contribution in [0.1, 0.15) is 127 Å². The minimum atomic E-state index is -4.63. The number of ether oxygens (including phenoxy) is 1. The first-order valence-corrected chi connectivity index (χ1v) is 31.6. The number of hydrogen-bond acceptors (Lipinski definition) is 15. The van der Waals surface area contributed by atoms with E-state index in [9.17, 15) is 42.5 Å². The highest BCUT2D eigenvalue weighted by molar-refractivity contribution is 7.90. The number of hydrogen-bond donors (Lipinski definition) is 4. The number of anilines is 2. The van der Waals surface area contributed by atoms with E-state index in [0.29, 0.717) is 48.0 Å². The van der Waals surface area contributed by atoms with E-state index in [0.717, 1.165) is 113 Å². The fraction of sp³-hybridized carbons (Fsp3) is 0.385. The Hall–Kier alpha value is -8.42. The van der Waals surface area contributed by atoms with Crippen molar-refractivity contribution < 1.29 is 42.1 Å². The van der Waals surface area contributed by atoms with Crippen molar-refractivity contribution in [2.75, 3.05) is 69.1 Å². The third-order valence-electron chi connectivity index (χ3n) is 17.3. The van der Waals surface area contributed by atoms with Gasteiger partial charge in [-0.15, -0.1) is 0 Å². The molecule has 87 heavy (non-hydrogen) atoms. The summed E-state index contributed by atoms with van der Waals surface area (Å²) in [5.41, 5.74) is 6.17. The maximum Gasteiger partial charge on any atom is 0.293 e. The Morgan fingerprint density at radius 2 is 1.68 bits per heavy atom. The number of aromatic amines is 1. The van der Waals surface area contributed by atoms with Gasteiger partial charge < -0.3 is 24.8 Å². The summed E-state index contributed by atoms with van der Waals surface area (Å²) in [6, 6.07) is 24.2. The molecule has 4 aromatic carbocycles. The van der Waals surface area contributed by atoms with E-state index in [-0.39, 0.29) is 52.3 Å². The number of nitro benzene ring substituents is 1. The summed E-state index contributed by atoms with van der Waals surface area (Å²) in [7, 11) is -4.63.